The number of piperidine rings is 1. The van der Waals surface area contributed by atoms with Crippen molar-refractivity contribution in [1.29, 1.82) is 0 Å². The molecule has 2 heterocycles. The maximum atomic E-state index is 10.5. The number of hydrogen-bond donors (Lipinski definition) is 3. The molecule has 1 aromatic carbocycles. The van der Waals surface area contributed by atoms with E-state index in [1.807, 2.05) is 18.2 Å². The average molecular weight is 234 g/mol. The van der Waals surface area contributed by atoms with E-state index in [9.17, 15) is 5.11 Å². The van der Waals surface area contributed by atoms with Gasteiger partial charge in [0.25, 0.3) is 0 Å². The summed E-state index contributed by atoms with van der Waals surface area (Å²) in [6.07, 6.45) is 1.46. The summed E-state index contributed by atoms with van der Waals surface area (Å²) in [6.45, 7) is 1.91. The third kappa shape index (κ3) is 1.59. The topological polar surface area (TPSA) is 53.5 Å². The van der Waals surface area contributed by atoms with E-state index in [0.717, 1.165) is 42.9 Å². The fourth-order valence-electron chi connectivity index (χ4n) is 2.91. The second kappa shape index (κ2) is 3.89. The highest BCUT2D eigenvalue weighted by Crippen LogP contribution is 2.46. The Hall–Kier alpha value is -1.26. The van der Waals surface area contributed by atoms with Gasteiger partial charge in [-0.15, -0.1) is 0 Å². The summed E-state index contributed by atoms with van der Waals surface area (Å²) in [5.41, 5.74) is 1.83. The van der Waals surface area contributed by atoms with Crippen LogP contribution in [0, 0.1) is 0 Å². The highest BCUT2D eigenvalue weighted by molar-refractivity contribution is 5.63. The van der Waals surface area contributed by atoms with Gasteiger partial charge in [0.1, 0.15) is 11.9 Å². The van der Waals surface area contributed by atoms with Crippen molar-refractivity contribution in [3.8, 4) is 5.75 Å². The number of hydrogen-bond acceptors (Lipinski definition) is 4. The van der Waals surface area contributed by atoms with Crippen LogP contribution in [0.25, 0.3) is 0 Å². The number of aliphatic hydroxyl groups is 1. The van der Waals surface area contributed by atoms with Gasteiger partial charge < -0.3 is 20.5 Å². The van der Waals surface area contributed by atoms with Gasteiger partial charge in [0, 0.05) is 11.3 Å². The smallest absolute Gasteiger partial charge is 0.119 e. The Morgan fingerprint density at radius 2 is 2.12 bits per heavy atom. The second-order valence-electron chi connectivity index (χ2n) is 4.89. The molecule has 0 aromatic heterocycles. The van der Waals surface area contributed by atoms with Gasteiger partial charge in [0.05, 0.1) is 12.6 Å². The van der Waals surface area contributed by atoms with E-state index in [1.54, 1.807) is 7.11 Å². The molecule has 2 aliphatic rings. The zero-order valence-electron chi connectivity index (χ0n) is 9.99. The summed E-state index contributed by atoms with van der Waals surface area (Å²) in [7, 11) is 1.65. The van der Waals surface area contributed by atoms with Crippen LogP contribution in [-0.2, 0) is 0 Å². The molecule has 0 bridgehead atoms. The number of rotatable bonds is 1. The van der Waals surface area contributed by atoms with Crippen molar-refractivity contribution in [1.82, 2.24) is 5.32 Å². The molecule has 1 spiro atoms. The van der Waals surface area contributed by atoms with Gasteiger partial charge in [-0.1, -0.05) is 0 Å². The monoisotopic (exact) mass is 234 g/mol. The predicted molar refractivity (Wildman–Crippen MR) is 66.4 cm³/mol. The van der Waals surface area contributed by atoms with Crippen LogP contribution in [0.15, 0.2) is 18.2 Å². The summed E-state index contributed by atoms with van der Waals surface area (Å²) < 4.78 is 5.21. The van der Waals surface area contributed by atoms with Crippen molar-refractivity contribution in [3.05, 3.63) is 23.8 Å². The third-order valence-electron chi connectivity index (χ3n) is 3.96. The minimum absolute atomic E-state index is 0.181. The van der Waals surface area contributed by atoms with E-state index < -0.39 is 6.10 Å². The van der Waals surface area contributed by atoms with Crippen LogP contribution in [0.2, 0.25) is 0 Å². The lowest BCUT2D eigenvalue weighted by Crippen LogP contribution is -2.48. The zero-order chi connectivity index (χ0) is 11.9. The Morgan fingerprint density at radius 3 is 2.82 bits per heavy atom. The number of nitrogens with one attached hydrogen (secondary N) is 2. The molecule has 0 aliphatic carbocycles. The summed E-state index contributed by atoms with van der Waals surface area (Å²) in [6, 6.07) is 5.86. The number of methoxy groups -OCH3 is 1. The SMILES string of the molecule is COc1ccc2c(c1)C(O)C1(CCNCC1)N2. The summed E-state index contributed by atoms with van der Waals surface area (Å²) in [4.78, 5) is 0. The van der Waals surface area contributed by atoms with E-state index >= 15 is 0 Å². The lowest BCUT2D eigenvalue weighted by atomic mass is 9.83. The molecule has 92 valence electrons. The fraction of sp³-hybridized carbons (Fsp3) is 0.538. The van der Waals surface area contributed by atoms with Gasteiger partial charge in [0.2, 0.25) is 0 Å². The lowest BCUT2D eigenvalue weighted by Gasteiger charge is -2.37. The van der Waals surface area contributed by atoms with Gasteiger partial charge in [-0.2, -0.15) is 0 Å². The van der Waals surface area contributed by atoms with Crippen LogP contribution in [0.3, 0.4) is 0 Å². The first-order chi connectivity index (χ1) is 8.25. The van der Waals surface area contributed by atoms with Crippen molar-refractivity contribution < 1.29 is 9.84 Å². The molecule has 1 unspecified atom stereocenters. The molecule has 3 rings (SSSR count). The van der Waals surface area contributed by atoms with Gasteiger partial charge in [-0.25, -0.2) is 0 Å². The predicted octanol–water partition coefficient (Wildman–Crippen LogP) is 1.28. The first-order valence-electron chi connectivity index (χ1n) is 6.10. The van der Waals surface area contributed by atoms with Crippen molar-refractivity contribution in [2.45, 2.75) is 24.5 Å². The molecule has 4 heteroatoms. The Balaban J connectivity index is 1.96. The van der Waals surface area contributed by atoms with Crippen molar-refractivity contribution in [2.24, 2.45) is 0 Å². The van der Waals surface area contributed by atoms with E-state index in [-0.39, 0.29) is 5.54 Å². The Labute approximate surface area is 101 Å². The van der Waals surface area contributed by atoms with Crippen LogP contribution in [0.5, 0.6) is 5.75 Å². The minimum Gasteiger partial charge on any atom is -0.497 e. The van der Waals surface area contributed by atoms with Crippen LogP contribution in [0.4, 0.5) is 5.69 Å². The van der Waals surface area contributed by atoms with Crippen LogP contribution in [-0.4, -0.2) is 30.8 Å². The minimum atomic E-state index is -0.435. The van der Waals surface area contributed by atoms with Crippen molar-refractivity contribution in [2.75, 3.05) is 25.5 Å². The number of aliphatic hydroxyl groups excluding tert-OH is 1. The van der Waals surface area contributed by atoms with Gasteiger partial charge in [0.15, 0.2) is 0 Å². The molecule has 4 nitrogen and oxygen atoms in total. The lowest BCUT2D eigenvalue weighted by molar-refractivity contribution is 0.0871. The Kier molecular flexibility index (Phi) is 2.49. The van der Waals surface area contributed by atoms with E-state index in [2.05, 4.69) is 10.6 Å². The normalized spacial score (nSPS) is 25.4. The second-order valence-corrected chi connectivity index (χ2v) is 4.89. The maximum Gasteiger partial charge on any atom is 0.119 e. The number of ether oxygens (including phenoxy) is 1. The van der Waals surface area contributed by atoms with Gasteiger partial charge >= 0.3 is 0 Å². The zero-order valence-corrected chi connectivity index (χ0v) is 9.99. The van der Waals surface area contributed by atoms with Gasteiger partial charge in [-0.3, -0.25) is 0 Å². The molecule has 0 saturated carbocycles. The molecular formula is C13H18N2O2. The molecule has 1 saturated heterocycles. The summed E-state index contributed by atoms with van der Waals surface area (Å²) >= 11 is 0. The maximum absolute atomic E-state index is 10.5. The Bertz CT molecular complexity index is 427. The largest absolute Gasteiger partial charge is 0.497 e. The molecule has 3 N–H and O–H groups in total. The standard InChI is InChI=1S/C13H18N2O2/c1-17-9-2-3-11-10(8-9)12(16)13(15-11)4-6-14-7-5-13/h2-3,8,12,14-16H,4-7H2,1H3. The van der Waals surface area contributed by atoms with E-state index in [4.69, 9.17) is 4.74 Å². The summed E-state index contributed by atoms with van der Waals surface area (Å²) in [5.74, 6) is 0.801. The first-order valence-corrected chi connectivity index (χ1v) is 6.10. The quantitative estimate of drug-likeness (QED) is 0.685. The first kappa shape index (κ1) is 10.9. The molecule has 1 atom stereocenters. The molecule has 0 amide bonds. The molecular weight excluding hydrogens is 216 g/mol. The third-order valence-corrected chi connectivity index (χ3v) is 3.96. The van der Waals surface area contributed by atoms with Crippen molar-refractivity contribution in [3.63, 3.8) is 0 Å². The number of benzene rings is 1. The van der Waals surface area contributed by atoms with E-state index in [0.29, 0.717) is 0 Å². The highest BCUT2D eigenvalue weighted by atomic mass is 16.5. The molecule has 1 aromatic rings. The molecule has 2 aliphatic heterocycles. The van der Waals surface area contributed by atoms with Crippen LogP contribution < -0.4 is 15.4 Å². The van der Waals surface area contributed by atoms with E-state index in [1.165, 1.54) is 0 Å². The average Bonchev–Trinajstić information content (AvgIpc) is 2.63. The molecule has 0 radical (unpaired) electrons. The number of anilines is 1. The molecule has 1 fully saturated rings. The van der Waals surface area contributed by atoms with Crippen molar-refractivity contribution >= 4 is 5.69 Å². The fourth-order valence-corrected chi connectivity index (χ4v) is 2.91. The Morgan fingerprint density at radius 1 is 1.35 bits per heavy atom. The number of fused-ring (bicyclic) bond motifs is 1. The highest BCUT2D eigenvalue weighted by Gasteiger charge is 2.45. The van der Waals surface area contributed by atoms with Crippen LogP contribution in [0.1, 0.15) is 24.5 Å². The molecule has 17 heavy (non-hydrogen) atoms. The van der Waals surface area contributed by atoms with Gasteiger partial charge in [-0.05, 0) is 44.1 Å². The van der Waals surface area contributed by atoms with Crippen LogP contribution >= 0.6 is 0 Å². The summed E-state index contributed by atoms with van der Waals surface area (Å²) in [5, 5.41) is 17.4.